The highest BCUT2D eigenvalue weighted by Gasteiger charge is 2.32. The molecular formula is C15H20N2O. The number of carbonyl (C=O) groups excluding carboxylic acids is 1. The summed E-state index contributed by atoms with van der Waals surface area (Å²) in [7, 11) is 0. The first kappa shape index (κ1) is 11.7. The van der Waals surface area contributed by atoms with Gasteiger partial charge in [-0.1, -0.05) is 19.1 Å². The van der Waals surface area contributed by atoms with E-state index in [1.165, 1.54) is 24.0 Å². The van der Waals surface area contributed by atoms with E-state index in [2.05, 4.69) is 35.8 Å². The van der Waals surface area contributed by atoms with Crippen LogP contribution in [0.3, 0.4) is 0 Å². The van der Waals surface area contributed by atoms with Crippen LogP contribution in [0, 0.1) is 5.92 Å². The molecule has 1 aliphatic carbocycles. The van der Waals surface area contributed by atoms with Crippen LogP contribution in [0.4, 0.5) is 5.69 Å². The molecule has 2 aliphatic rings. The summed E-state index contributed by atoms with van der Waals surface area (Å²) < 4.78 is 0. The summed E-state index contributed by atoms with van der Waals surface area (Å²) in [5.41, 5.74) is 3.67. The lowest BCUT2D eigenvalue weighted by Gasteiger charge is -2.22. The zero-order valence-electron chi connectivity index (χ0n) is 10.8. The van der Waals surface area contributed by atoms with Gasteiger partial charge in [0.1, 0.15) is 0 Å². The third-order valence-electron chi connectivity index (χ3n) is 3.90. The van der Waals surface area contributed by atoms with Crippen LogP contribution in [0.5, 0.6) is 0 Å². The molecule has 1 heterocycles. The SMILES string of the molecule is CCNC(c1ccc2c(c1)CCC(=O)N2)C1CC1. The van der Waals surface area contributed by atoms with Crippen LogP contribution in [0.15, 0.2) is 18.2 Å². The Hall–Kier alpha value is -1.35. The average Bonchev–Trinajstić information content (AvgIpc) is 3.20. The number of carbonyl (C=O) groups is 1. The monoisotopic (exact) mass is 244 g/mol. The quantitative estimate of drug-likeness (QED) is 0.855. The highest BCUT2D eigenvalue weighted by molar-refractivity contribution is 5.93. The first-order valence-corrected chi connectivity index (χ1v) is 6.94. The molecule has 3 rings (SSSR count). The summed E-state index contributed by atoms with van der Waals surface area (Å²) >= 11 is 0. The number of nitrogens with one attached hydrogen (secondary N) is 2. The summed E-state index contributed by atoms with van der Waals surface area (Å²) in [4.78, 5) is 11.3. The predicted molar refractivity (Wildman–Crippen MR) is 72.5 cm³/mol. The highest BCUT2D eigenvalue weighted by atomic mass is 16.1. The molecule has 1 aromatic rings. The van der Waals surface area contributed by atoms with Crippen LogP contribution in [0.2, 0.25) is 0 Å². The van der Waals surface area contributed by atoms with Crippen LogP contribution < -0.4 is 10.6 Å². The maximum atomic E-state index is 11.3. The third kappa shape index (κ3) is 2.27. The molecule has 0 radical (unpaired) electrons. The zero-order valence-corrected chi connectivity index (χ0v) is 10.8. The van der Waals surface area contributed by atoms with Crippen molar-refractivity contribution >= 4 is 11.6 Å². The summed E-state index contributed by atoms with van der Waals surface area (Å²) in [6.45, 7) is 3.17. The molecule has 1 saturated carbocycles. The predicted octanol–water partition coefficient (Wildman–Crippen LogP) is 2.63. The van der Waals surface area contributed by atoms with Crippen LogP contribution in [0.1, 0.15) is 43.4 Å². The molecule has 1 aromatic carbocycles. The first-order valence-electron chi connectivity index (χ1n) is 6.94. The summed E-state index contributed by atoms with van der Waals surface area (Å²) in [5, 5.41) is 6.53. The van der Waals surface area contributed by atoms with E-state index in [-0.39, 0.29) is 5.91 Å². The van der Waals surface area contributed by atoms with Crippen LogP contribution in [-0.2, 0) is 11.2 Å². The number of fused-ring (bicyclic) bond motifs is 1. The average molecular weight is 244 g/mol. The van der Waals surface area contributed by atoms with Crippen molar-refractivity contribution in [3.63, 3.8) is 0 Å². The van der Waals surface area contributed by atoms with E-state index < -0.39 is 0 Å². The van der Waals surface area contributed by atoms with E-state index in [0.29, 0.717) is 12.5 Å². The molecule has 3 nitrogen and oxygen atoms in total. The fourth-order valence-corrected chi connectivity index (χ4v) is 2.80. The minimum absolute atomic E-state index is 0.140. The summed E-state index contributed by atoms with van der Waals surface area (Å²) in [5.74, 6) is 0.946. The molecule has 1 unspecified atom stereocenters. The van der Waals surface area contributed by atoms with Crippen LogP contribution in [0.25, 0.3) is 0 Å². The number of benzene rings is 1. The maximum absolute atomic E-state index is 11.3. The van der Waals surface area contributed by atoms with Gasteiger partial charge in [-0.15, -0.1) is 0 Å². The molecule has 0 aromatic heterocycles. The Morgan fingerprint density at radius 1 is 1.39 bits per heavy atom. The molecule has 18 heavy (non-hydrogen) atoms. The molecule has 0 bridgehead atoms. The van der Waals surface area contributed by atoms with Crippen molar-refractivity contribution in [2.45, 2.75) is 38.6 Å². The van der Waals surface area contributed by atoms with Gasteiger partial charge < -0.3 is 10.6 Å². The Labute approximate surface area is 108 Å². The minimum Gasteiger partial charge on any atom is -0.326 e. The Kier molecular flexibility index (Phi) is 3.08. The second kappa shape index (κ2) is 4.73. The van der Waals surface area contributed by atoms with Gasteiger partial charge in [-0.25, -0.2) is 0 Å². The Morgan fingerprint density at radius 3 is 2.94 bits per heavy atom. The van der Waals surface area contributed by atoms with Crippen molar-refractivity contribution in [2.24, 2.45) is 5.92 Å². The van der Waals surface area contributed by atoms with E-state index in [9.17, 15) is 4.79 Å². The topological polar surface area (TPSA) is 41.1 Å². The second-order valence-electron chi connectivity index (χ2n) is 5.34. The number of rotatable bonds is 4. The van der Waals surface area contributed by atoms with Crippen molar-refractivity contribution in [3.05, 3.63) is 29.3 Å². The normalized spacial score (nSPS) is 20.2. The van der Waals surface area contributed by atoms with E-state index in [4.69, 9.17) is 0 Å². The Balaban J connectivity index is 1.86. The molecule has 3 heteroatoms. The van der Waals surface area contributed by atoms with E-state index >= 15 is 0 Å². The lowest BCUT2D eigenvalue weighted by atomic mass is 9.95. The Bertz CT molecular complexity index is 466. The molecule has 0 spiro atoms. The first-order chi connectivity index (χ1) is 8.78. The Morgan fingerprint density at radius 2 is 2.22 bits per heavy atom. The highest BCUT2D eigenvalue weighted by Crippen LogP contribution is 2.41. The number of hydrogen-bond donors (Lipinski definition) is 2. The van der Waals surface area contributed by atoms with Gasteiger partial charge >= 0.3 is 0 Å². The smallest absolute Gasteiger partial charge is 0.224 e. The van der Waals surface area contributed by atoms with E-state index in [0.717, 1.165) is 24.6 Å². The van der Waals surface area contributed by atoms with Gasteiger partial charge in [-0.3, -0.25) is 4.79 Å². The zero-order chi connectivity index (χ0) is 12.5. The summed E-state index contributed by atoms with van der Waals surface area (Å²) in [6.07, 6.45) is 4.17. The van der Waals surface area contributed by atoms with Gasteiger partial charge in [0.2, 0.25) is 5.91 Å². The molecule has 1 fully saturated rings. The number of hydrogen-bond acceptors (Lipinski definition) is 2. The van der Waals surface area contributed by atoms with Crippen molar-refractivity contribution in [1.82, 2.24) is 5.32 Å². The van der Waals surface area contributed by atoms with Crippen molar-refractivity contribution < 1.29 is 4.79 Å². The standard InChI is InChI=1S/C15H20N2O/c1-2-16-15(10-3-4-10)12-5-7-13-11(9-12)6-8-14(18)17-13/h5,7,9-10,15-16H,2-4,6,8H2,1H3,(H,17,18). The lowest BCUT2D eigenvalue weighted by Crippen LogP contribution is -2.24. The fourth-order valence-electron chi connectivity index (χ4n) is 2.80. The maximum Gasteiger partial charge on any atom is 0.224 e. The molecule has 1 atom stereocenters. The number of anilines is 1. The van der Waals surface area contributed by atoms with Gasteiger partial charge in [0.05, 0.1) is 0 Å². The van der Waals surface area contributed by atoms with Gasteiger partial charge in [-0.2, -0.15) is 0 Å². The number of amides is 1. The molecular weight excluding hydrogens is 224 g/mol. The van der Waals surface area contributed by atoms with Crippen molar-refractivity contribution in [1.29, 1.82) is 0 Å². The van der Waals surface area contributed by atoms with Crippen LogP contribution in [-0.4, -0.2) is 12.5 Å². The van der Waals surface area contributed by atoms with Gasteiger partial charge in [0.25, 0.3) is 0 Å². The van der Waals surface area contributed by atoms with E-state index in [1.807, 2.05) is 0 Å². The minimum atomic E-state index is 0.140. The van der Waals surface area contributed by atoms with Crippen molar-refractivity contribution in [2.75, 3.05) is 11.9 Å². The van der Waals surface area contributed by atoms with Gasteiger partial charge in [0, 0.05) is 18.2 Å². The largest absolute Gasteiger partial charge is 0.326 e. The second-order valence-corrected chi connectivity index (χ2v) is 5.34. The molecule has 1 amide bonds. The number of aryl methyl sites for hydroxylation is 1. The van der Waals surface area contributed by atoms with Gasteiger partial charge in [-0.05, 0) is 48.9 Å². The molecule has 0 saturated heterocycles. The lowest BCUT2D eigenvalue weighted by molar-refractivity contribution is -0.116. The van der Waals surface area contributed by atoms with Crippen LogP contribution >= 0.6 is 0 Å². The fraction of sp³-hybridized carbons (Fsp3) is 0.533. The van der Waals surface area contributed by atoms with E-state index in [1.54, 1.807) is 0 Å². The molecule has 96 valence electrons. The molecule has 1 aliphatic heterocycles. The van der Waals surface area contributed by atoms with Crippen molar-refractivity contribution in [3.8, 4) is 0 Å². The van der Waals surface area contributed by atoms with Gasteiger partial charge in [0.15, 0.2) is 0 Å². The molecule has 2 N–H and O–H groups in total. The third-order valence-corrected chi connectivity index (χ3v) is 3.90. The summed E-state index contributed by atoms with van der Waals surface area (Å²) in [6, 6.07) is 7.00.